The van der Waals surface area contributed by atoms with Gasteiger partial charge in [-0.15, -0.1) is 0 Å². The average molecular weight is 176 g/mol. The van der Waals surface area contributed by atoms with Gasteiger partial charge in [-0.2, -0.15) is 0 Å². The van der Waals surface area contributed by atoms with Gasteiger partial charge in [0.25, 0.3) is 0 Å². The zero-order valence-corrected chi connectivity index (χ0v) is 9.34. The minimum Gasteiger partial charge on any atom is -0.0955 e. The van der Waals surface area contributed by atoms with Gasteiger partial charge in [-0.3, -0.25) is 0 Å². The van der Waals surface area contributed by atoms with Gasteiger partial charge in [0, 0.05) is 0 Å². The number of allylic oxidation sites excluding steroid dienone is 1. The normalized spacial score (nSPS) is 10.8. The van der Waals surface area contributed by atoms with E-state index in [9.17, 15) is 0 Å². The second-order valence-corrected chi connectivity index (χ2v) is 5.54. The Labute approximate surface area is 77.1 Å². The van der Waals surface area contributed by atoms with Gasteiger partial charge in [0.15, 0.2) is 0 Å². The summed E-state index contributed by atoms with van der Waals surface area (Å²) in [5, 5.41) is 1.56. The fourth-order valence-electron chi connectivity index (χ4n) is 1.24. The van der Waals surface area contributed by atoms with Crippen LogP contribution in [-0.2, 0) is 0 Å². The van der Waals surface area contributed by atoms with E-state index in [1.54, 1.807) is 5.19 Å². The highest BCUT2D eigenvalue weighted by atomic mass is 28.2. The first-order valence-electron chi connectivity index (χ1n) is 4.49. The monoisotopic (exact) mass is 176 g/mol. The molecule has 0 fully saturated rings. The summed E-state index contributed by atoms with van der Waals surface area (Å²) in [5.41, 5.74) is 2.42. The molecule has 1 aromatic carbocycles. The number of hydrogen-bond donors (Lipinski definition) is 0. The lowest BCUT2D eigenvalue weighted by molar-refractivity contribution is 1.46. The summed E-state index contributed by atoms with van der Waals surface area (Å²) in [6.07, 6.45) is 0. The van der Waals surface area contributed by atoms with Gasteiger partial charge in [-0.05, 0) is 12.5 Å². The molecule has 0 aliphatic carbocycles. The lowest BCUT2D eigenvalue weighted by Crippen LogP contribution is -2.11. The van der Waals surface area contributed by atoms with E-state index in [1.165, 1.54) is 11.6 Å². The summed E-state index contributed by atoms with van der Waals surface area (Å²) in [6.45, 7) is 8.22. The summed E-state index contributed by atoms with van der Waals surface area (Å²) in [4.78, 5) is 0. The fourth-order valence-corrected chi connectivity index (χ4v) is 2.39. The number of hydrogen-bond acceptors (Lipinski definition) is 0. The predicted molar refractivity (Wildman–Crippen MR) is 59.8 cm³/mol. The highest BCUT2D eigenvalue weighted by Gasteiger charge is 1.93. The van der Waals surface area contributed by atoms with Gasteiger partial charge in [-0.1, -0.05) is 54.6 Å². The van der Waals surface area contributed by atoms with Crippen LogP contribution in [0.1, 0.15) is 19.4 Å². The SMILES string of the molecule is C=C(C)c1ccc([SiH2]CC)cc1. The first-order valence-corrected chi connectivity index (χ1v) is 6.19. The van der Waals surface area contributed by atoms with E-state index in [-0.39, 0.29) is 9.52 Å². The summed E-state index contributed by atoms with van der Waals surface area (Å²) < 4.78 is 0. The largest absolute Gasteiger partial charge is 0.0955 e. The van der Waals surface area contributed by atoms with Crippen molar-refractivity contribution in [3.8, 4) is 0 Å². The van der Waals surface area contributed by atoms with Crippen LogP contribution in [0, 0.1) is 0 Å². The summed E-state index contributed by atoms with van der Waals surface area (Å²) in [6, 6.07) is 10.2. The molecule has 1 rings (SSSR count). The molecule has 0 saturated carbocycles. The van der Waals surface area contributed by atoms with E-state index in [0.29, 0.717) is 0 Å². The van der Waals surface area contributed by atoms with Crippen molar-refractivity contribution in [2.45, 2.75) is 19.9 Å². The molecule has 12 heavy (non-hydrogen) atoms. The first-order chi connectivity index (χ1) is 5.74. The van der Waals surface area contributed by atoms with E-state index in [1.807, 2.05) is 6.92 Å². The van der Waals surface area contributed by atoms with Crippen molar-refractivity contribution < 1.29 is 0 Å². The predicted octanol–water partition coefficient (Wildman–Crippen LogP) is 1.95. The molecular weight excluding hydrogens is 160 g/mol. The third-order valence-corrected chi connectivity index (χ3v) is 3.53. The molecule has 0 aliphatic heterocycles. The molecule has 0 spiro atoms. The Bertz CT molecular complexity index is 259. The van der Waals surface area contributed by atoms with Crippen molar-refractivity contribution in [2.24, 2.45) is 0 Å². The minimum atomic E-state index is 0.0288. The maximum absolute atomic E-state index is 3.91. The molecule has 0 atom stereocenters. The fraction of sp³-hybridized carbons (Fsp3) is 0.273. The third kappa shape index (κ3) is 2.34. The van der Waals surface area contributed by atoms with Gasteiger partial charge >= 0.3 is 0 Å². The van der Waals surface area contributed by atoms with E-state index in [4.69, 9.17) is 0 Å². The van der Waals surface area contributed by atoms with Crippen molar-refractivity contribution in [1.29, 1.82) is 0 Å². The van der Waals surface area contributed by atoms with E-state index < -0.39 is 0 Å². The molecule has 0 radical (unpaired) electrons. The summed E-state index contributed by atoms with van der Waals surface area (Å²) in [5.74, 6) is 0. The highest BCUT2D eigenvalue weighted by molar-refractivity contribution is 6.53. The molecule has 0 bridgehead atoms. The van der Waals surface area contributed by atoms with Gasteiger partial charge in [0.1, 0.15) is 0 Å². The Morgan fingerprint density at radius 3 is 2.33 bits per heavy atom. The molecule has 64 valence electrons. The summed E-state index contributed by atoms with van der Waals surface area (Å²) in [7, 11) is 0.0288. The van der Waals surface area contributed by atoms with Gasteiger partial charge in [0.05, 0.1) is 9.52 Å². The van der Waals surface area contributed by atoms with Crippen molar-refractivity contribution in [2.75, 3.05) is 0 Å². The van der Waals surface area contributed by atoms with Crippen molar-refractivity contribution >= 4 is 20.3 Å². The van der Waals surface area contributed by atoms with Gasteiger partial charge in [0.2, 0.25) is 0 Å². The molecule has 0 aliphatic rings. The van der Waals surface area contributed by atoms with Crippen LogP contribution in [0.25, 0.3) is 5.57 Å². The molecule has 0 heterocycles. The summed E-state index contributed by atoms with van der Waals surface area (Å²) >= 11 is 0. The molecular formula is C11H16Si. The van der Waals surface area contributed by atoms with E-state index >= 15 is 0 Å². The molecule has 0 nitrogen and oxygen atoms in total. The van der Waals surface area contributed by atoms with Crippen LogP contribution >= 0.6 is 0 Å². The number of benzene rings is 1. The minimum absolute atomic E-state index is 0.0288. The molecule has 0 N–H and O–H groups in total. The van der Waals surface area contributed by atoms with Crippen LogP contribution < -0.4 is 5.19 Å². The van der Waals surface area contributed by atoms with Gasteiger partial charge < -0.3 is 0 Å². The van der Waals surface area contributed by atoms with E-state index in [0.717, 1.165) is 5.57 Å². The smallest absolute Gasteiger partial charge is 0.0544 e. The van der Waals surface area contributed by atoms with Gasteiger partial charge in [-0.25, -0.2) is 0 Å². The van der Waals surface area contributed by atoms with Crippen molar-refractivity contribution in [3.63, 3.8) is 0 Å². The lowest BCUT2D eigenvalue weighted by atomic mass is 10.1. The molecule has 0 aromatic heterocycles. The van der Waals surface area contributed by atoms with Crippen molar-refractivity contribution in [3.05, 3.63) is 36.4 Å². The zero-order chi connectivity index (χ0) is 8.97. The average Bonchev–Trinajstić information content (AvgIpc) is 2.06. The zero-order valence-electron chi connectivity index (χ0n) is 7.93. The Morgan fingerprint density at radius 2 is 1.92 bits per heavy atom. The Balaban J connectivity index is 2.78. The van der Waals surface area contributed by atoms with E-state index in [2.05, 4.69) is 37.8 Å². The van der Waals surface area contributed by atoms with Crippen LogP contribution in [0.15, 0.2) is 30.8 Å². The molecule has 0 saturated heterocycles. The highest BCUT2D eigenvalue weighted by Crippen LogP contribution is 2.08. The third-order valence-electron chi connectivity index (χ3n) is 1.99. The number of rotatable bonds is 3. The molecule has 0 amide bonds. The Hall–Kier alpha value is -0.823. The quantitative estimate of drug-likeness (QED) is 0.618. The first kappa shape index (κ1) is 9.27. The second-order valence-electron chi connectivity index (χ2n) is 3.23. The maximum Gasteiger partial charge on any atom is 0.0544 e. The Morgan fingerprint density at radius 1 is 1.33 bits per heavy atom. The standard InChI is InChI=1S/C11H16Si/c1-4-12-11-7-5-10(6-8-11)9(2)3/h5-8H,2,4,12H2,1,3H3. The van der Waals surface area contributed by atoms with Crippen LogP contribution in [-0.4, -0.2) is 9.52 Å². The van der Waals surface area contributed by atoms with Crippen molar-refractivity contribution in [1.82, 2.24) is 0 Å². The van der Waals surface area contributed by atoms with Crippen LogP contribution in [0.3, 0.4) is 0 Å². The topological polar surface area (TPSA) is 0 Å². The molecule has 0 unspecified atom stereocenters. The Kier molecular flexibility index (Phi) is 3.29. The lowest BCUT2D eigenvalue weighted by Gasteiger charge is -2.01. The maximum atomic E-state index is 3.91. The molecule has 1 aromatic rings. The van der Waals surface area contributed by atoms with Crippen LogP contribution in [0.4, 0.5) is 0 Å². The molecule has 1 heteroatoms. The second kappa shape index (κ2) is 4.26. The van der Waals surface area contributed by atoms with Crippen LogP contribution in [0.2, 0.25) is 6.04 Å². The van der Waals surface area contributed by atoms with Crippen LogP contribution in [0.5, 0.6) is 0 Å².